The Morgan fingerprint density at radius 2 is 2.06 bits per heavy atom. The zero-order valence-electron chi connectivity index (χ0n) is 18.5. The molecule has 1 amide bonds. The fraction of sp³-hybridized carbons (Fsp3) is 0.263. The van der Waals surface area contributed by atoms with E-state index in [0.29, 0.717) is 23.2 Å². The molecule has 0 aliphatic carbocycles. The van der Waals surface area contributed by atoms with Gasteiger partial charge < -0.3 is 15.0 Å². The van der Waals surface area contributed by atoms with Crippen LogP contribution in [0.4, 0.5) is 5.82 Å². The summed E-state index contributed by atoms with van der Waals surface area (Å²) in [5.41, 5.74) is 10.2. The van der Waals surface area contributed by atoms with Crippen molar-refractivity contribution >= 4 is 29.2 Å². The van der Waals surface area contributed by atoms with Crippen LogP contribution in [0.1, 0.15) is 35.6 Å². The highest BCUT2D eigenvalue weighted by Gasteiger charge is 2.24. The van der Waals surface area contributed by atoms with Gasteiger partial charge in [-0.1, -0.05) is 17.0 Å². The molecule has 0 saturated heterocycles. The minimum absolute atomic E-state index is 0.00568. The number of nitrogen functional groups attached to an aromatic ring is 1. The largest absolute Gasteiger partial charge is 0.494 e. The molecule has 0 radical (unpaired) electrons. The highest BCUT2D eigenvalue weighted by Crippen LogP contribution is 2.24. The number of thioether (sulfide) groups is 1. The Labute approximate surface area is 197 Å². The molecule has 0 spiro atoms. The van der Waals surface area contributed by atoms with Crippen LogP contribution < -0.4 is 15.9 Å². The predicted octanol–water partition coefficient (Wildman–Crippen LogP) is 1.21. The van der Waals surface area contributed by atoms with E-state index in [0.717, 1.165) is 11.3 Å². The number of hydrogen-bond acceptors (Lipinski definition) is 12. The second-order valence-corrected chi connectivity index (χ2v) is 7.82. The first-order valence-corrected chi connectivity index (χ1v) is 11.0. The molecule has 0 aliphatic heterocycles. The van der Waals surface area contributed by atoms with Gasteiger partial charge in [0.2, 0.25) is 11.6 Å². The van der Waals surface area contributed by atoms with Crippen molar-refractivity contribution in [2.75, 3.05) is 12.3 Å². The van der Waals surface area contributed by atoms with E-state index in [9.17, 15) is 4.79 Å². The molecule has 1 aromatic carbocycles. The van der Waals surface area contributed by atoms with Crippen molar-refractivity contribution in [2.24, 2.45) is 12.1 Å². The van der Waals surface area contributed by atoms with Crippen molar-refractivity contribution in [2.45, 2.75) is 24.8 Å². The summed E-state index contributed by atoms with van der Waals surface area (Å²) in [6.07, 6.45) is 1.57. The average molecular weight is 484 g/mol. The van der Waals surface area contributed by atoms with Gasteiger partial charge in [-0.15, -0.1) is 15.3 Å². The Kier molecular flexibility index (Phi) is 6.82. The predicted molar refractivity (Wildman–Crippen MR) is 121 cm³/mol. The maximum Gasteiger partial charge on any atom is 0.293 e. The molecule has 15 heteroatoms. The first-order valence-electron chi connectivity index (χ1n) is 10.1. The third-order valence-electron chi connectivity index (χ3n) is 4.59. The monoisotopic (exact) mass is 483 g/mol. The Hall–Kier alpha value is -4.27. The highest BCUT2D eigenvalue weighted by atomic mass is 32.2. The van der Waals surface area contributed by atoms with Gasteiger partial charge in [0.15, 0.2) is 10.9 Å². The lowest BCUT2D eigenvalue weighted by Crippen LogP contribution is -2.21. The molecule has 3 N–H and O–H groups in total. The first kappa shape index (κ1) is 22.9. The van der Waals surface area contributed by atoms with Crippen LogP contribution >= 0.6 is 11.8 Å². The Balaban J connectivity index is 1.56. The number of rotatable bonds is 9. The lowest BCUT2D eigenvalue weighted by Gasteiger charge is -2.06. The molecule has 176 valence electrons. The van der Waals surface area contributed by atoms with Gasteiger partial charge in [-0.2, -0.15) is 9.78 Å². The summed E-state index contributed by atoms with van der Waals surface area (Å²) in [5, 5.41) is 28.1. The van der Waals surface area contributed by atoms with Gasteiger partial charge in [-0.3, -0.25) is 4.79 Å². The lowest BCUT2D eigenvalue weighted by atomic mass is 10.1. The second-order valence-electron chi connectivity index (χ2n) is 6.88. The summed E-state index contributed by atoms with van der Waals surface area (Å²) in [6.45, 7) is 4.27. The van der Waals surface area contributed by atoms with Crippen LogP contribution in [-0.2, 0) is 12.8 Å². The molecule has 0 aliphatic rings. The number of nitrogens with two attached hydrogens (primary N) is 1. The second kappa shape index (κ2) is 10.1. The number of amides is 1. The van der Waals surface area contributed by atoms with Gasteiger partial charge in [0.25, 0.3) is 5.91 Å². The van der Waals surface area contributed by atoms with Gasteiger partial charge in [0.05, 0.1) is 18.0 Å². The molecule has 0 unspecified atom stereocenters. The summed E-state index contributed by atoms with van der Waals surface area (Å²) < 4.78 is 13.2. The van der Waals surface area contributed by atoms with Crippen LogP contribution in [-0.4, -0.2) is 58.3 Å². The van der Waals surface area contributed by atoms with E-state index in [2.05, 4.69) is 46.0 Å². The number of aromatic nitrogens is 8. The molecule has 3 heterocycles. The molecule has 34 heavy (non-hydrogen) atoms. The average Bonchev–Trinajstić information content (AvgIpc) is 3.56. The fourth-order valence-corrected chi connectivity index (χ4v) is 3.74. The molecule has 14 nitrogen and oxygen atoms in total. The van der Waals surface area contributed by atoms with Gasteiger partial charge in [-0.05, 0) is 54.0 Å². The number of nitrogens with one attached hydrogen (secondary N) is 1. The van der Waals surface area contributed by atoms with Crippen molar-refractivity contribution < 1.29 is 14.2 Å². The Morgan fingerprint density at radius 1 is 1.26 bits per heavy atom. The van der Waals surface area contributed by atoms with Crippen molar-refractivity contribution in [1.29, 1.82) is 0 Å². The maximum atomic E-state index is 12.9. The van der Waals surface area contributed by atoms with E-state index >= 15 is 0 Å². The molecule has 0 bridgehead atoms. The number of carbonyl (C=O) groups is 1. The smallest absolute Gasteiger partial charge is 0.293 e. The molecule has 0 fully saturated rings. The zero-order valence-corrected chi connectivity index (χ0v) is 19.4. The van der Waals surface area contributed by atoms with Crippen LogP contribution in [0.25, 0.3) is 5.82 Å². The summed E-state index contributed by atoms with van der Waals surface area (Å²) in [4.78, 5) is 12.9. The number of ether oxygens (including phenoxy) is 1. The molecular weight excluding hydrogens is 462 g/mol. The summed E-state index contributed by atoms with van der Waals surface area (Å²) in [5.74, 6) is 0.586. The molecule has 3 aromatic heterocycles. The highest BCUT2D eigenvalue weighted by molar-refractivity contribution is 7.98. The third-order valence-corrected chi connectivity index (χ3v) is 5.64. The molecule has 4 aromatic rings. The minimum atomic E-state index is -0.555. The van der Waals surface area contributed by atoms with E-state index in [-0.39, 0.29) is 23.1 Å². The zero-order chi connectivity index (χ0) is 24.1. The van der Waals surface area contributed by atoms with E-state index in [1.54, 1.807) is 17.8 Å². The summed E-state index contributed by atoms with van der Waals surface area (Å²) in [6, 6.07) is 7.39. The van der Waals surface area contributed by atoms with E-state index in [4.69, 9.17) is 10.5 Å². The van der Waals surface area contributed by atoms with Crippen molar-refractivity contribution in [1.82, 2.24) is 45.5 Å². The van der Waals surface area contributed by atoms with Crippen LogP contribution in [0.3, 0.4) is 0 Å². The van der Waals surface area contributed by atoms with Gasteiger partial charge >= 0.3 is 0 Å². The SMILES string of the molecule is CCOc1ccc(/C(C)=N/NC(=O)c2nnn(-c3nonc3N)c2CSc2nncn2C)cc1. The normalized spacial score (nSPS) is 11.6. The van der Waals surface area contributed by atoms with Crippen molar-refractivity contribution in [3.63, 3.8) is 0 Å². The summed E-state index contributed by atoms with van der Waals surface area (Å²) >= 11 is 1.33. The number of hydrogen-bond donors (Lipinski definition) is 2. The quantitative estimate of drug-likeness (QED) is 0.199. The van der Waals surface area contributed by atoms with Crippen LogP contribution in [0.15, 0.2) is 45.5 Å². The number of carbonyl (C=O) groups excluding carboxylic acids is 1. The van der Waals surface area contributed by atoms with E-state index in [1.165, 1.54) is 16.4 Å². The number of anilines is 1. The molecular formula is C19H21N11O3S. The van der Waals surface area contributed by atoms with E-state index < -0.39 is 5.91 Å². The van der Waals surface area contributed by atoms with Crippen LogP contribution in [0.5, 0.6) is 5.75 Å². The van der Waals surface area contributed by atoms with Crippen molar-refractivity contribution in [3.8, 4) is 11.6 Å². The van der Waals surface area contributed by atoms with E-state index in [1.807, 2.05) is 38.2 Å². The van der Waals surface area contributed by atoms with Crippen molar-refractivity contribution in [3.05, 3.63) is 47.5 Å². The molecule has 0 saturated carbocycles. The van der Waals surface area contributed by atoms with Crippen LogP contribution in [0, 0.1) is 0 Å². The van der Waals surface area contributed by atoms with Gasteiger partial charge in [-0.25, -0.2) is 10.1 Å². The standard InChI is InChI=1S/C19H21N11O3S/c1-4-32-13-7-5-12(6-8-13)11(2)22-24-18(31)15-14(9-34-19-25-21-10-29(19)3)30(28-23-15)17-16(20)26-33-27-17/h5-8,10H,4,9H2,1-3H3,(H2,20,26)(H,24,31)/b22-11+. The van der Waals surface area contributed by atoms with Crippen LogP contribution in [0.2, 0.25) is 0 Å². The third kappa shape index (κ3) is 4.88. The Morgan fingerprint density at radius 3 is 2.71 bits per heavy atom. The number of hydrazone groups is 1. The lowest BCUT2D eigenvalue weighted by molar-refractivity contribution is 0.0949. The first-order chi connectivity index (χ1) is 16.5. The fourth-order valence-electron chi connectivity index (χ4n) is 2.86. The maximum absolute atomic E-state index is 12.9. The Bertz CT molecular complexity index is 1310. The molecule has 0 atom stereocenters. The molecule has 4 rings (SSSR count). The number of aryl methyl sites for hydroxylation is 1. The number of benzene rings is 1. The number of nitrogens with zero attached hydrogens (tertiary/aromatic N) is 9. The summed E-state index contributed by atoms with van der Waals surface area (Å²) in [7, 11) is 1.81. The van der Waals surface area contributed by atoms with Gasteiger partial charge in [0, 0.05) is 12.8 Å². The minimum Gasteiger partial charge on any atom is -0.494 e. The topological polar surface area (TPSA) is 177 Å². The van der Waals surface area contributed by atoms with Gasteiger partial charge in [0.1, 0.15) is 12.1 Å².